The highest BCUT2D eigenvalue weighted by atomic mass is 79.9. The summed E-state index contributed by atoms with van der Waals surface area (Å²) < 4.78 is 43.7. The summed E-state index contributed by atoms with van der Waals surface area (Å²) in [5.41, 5.74) is 0.269. The first-order valence-corrected chi connectivity index (χ1v) is 10.7. The number of fused-ring (bicyclic) bond motifs is 1. The van der Waals surface area contributed by atoms with Gasteiger partial charge in [-0.2, -0.15) is 0 Å². The molecule has 8 nitrogen and oxygen atoms in total. The number of aromatic nitrogens is 2. The maximum Gasteiger partial charge on any atom is 0.296 e. The lowest BCUT2D eigenvalue weighted by Crippen LogP contribution is -2.23. The van der Waals surface area contributed by atoms with Gasteiger partial charge in [0.05, 0.1) is 35.3 Å². The normalized spacial score (nSPS) is 10.7. The molecule has 0 unspecified atom stereocenters. The molecule has 4 rings (SSSR count). The van der Waals surface area contributed by atoms with Crippen LogP contribution in [0, 0.1) is 11.6 Å². The summed E-state index contributed by atoms with van der Waals surface area (Å²) in [5.74, 6) is -2.30. The van der Waals surface area contributed by atoms with Gasteiger partial charge in [0.2, 0.25) is 5.88 Å². The summed E-state index contributed by atoms with van der Waals surface area (Å²) in [5, 5.41) is 2.71. The van der Waals surface area contributed by atoms with Crippen LogP contribution >= 0.6 is 15.9 Å². The molecule has 0 aliphatic rings. The van der Waals surface area contributed by atoms with Crippen molar-refractivity contribution in [2.24, 2.45) is 0 Å². The van der Waals surface area contributed by atoms with Crippen LogP contribution in [0.3, 0.4) is 0 Å². The number of halogens is 3. The van der Waals surface area contributed by atoms with Crippen molar-refractivity contribution in [1.82, 2.24) is 9.97 Å². The summed E-state index contributed by atoms with van der Waals surface area (Å²) in [6.07, 6.45) is 1.33. The summed E-state index contributed by atoms with van der Waals surface area (Å²) >= 11 is 2.90. The van der Waals surface area contributed by atoms with Crippen LogP contribution in [-0.2, 0) is 4.79 Å². The van der Waals surface area contributed by atoms with E-state index in [1.807, 2.05) is 0 Å². The molecule has 0 saturated carbocycles. The molecule has 11 heteroatoms. The predicted octanol–water partition coefficient (Wildman–Crippen LogP) is 5.30. The third-order valence-corrected chi connectivity index (χ3v) is 5.51. The Labute approximate surface area is 206 Å². The van der Waals surface area contributed by atoms with Gasteiger partial charge in [0.25, 0.3) is 11.7 Å². The smallest absolute Gasteiger partial charge is 0.296 e. The van der Waals surface area contributed by atoms with E-state index in [4.69, 9.17) is 14.2 Å². The van der Waals surface area contributed by atoms with E-state index in [0.29, 0.717) is 34.2 Å². The number of hydrogen-bond acceptors (Lipinski definition) is 7. The Morgan fingerprint density at radius 1 is 0.914 bits per heavy atom. The van der Waals surface area contributed by atoms with Gasteiger partial charge in [-0.1, -0.05) is 0 Å². The Morgan fingerprint density at radius 2 is 1.60 bits per heavy atom. The molecule has 0 spiro atoms. The molecule has 1 heterocycles. The number of Topliss-reactive ketones (excluding diaryl/α,β-unsaturated/α-hetero) is 1. The SMILES string of the molecule is COc1cc2ncnc(Oc3ccc(C(=O)C(=O)Nc4cc(Br)c(F)cc4F)cc3)c2cc1OC. The van der Waals surface area contributed by atoms with Crippen LogP contribution in [0.25, 0.3) is 10.9 Å². The van der Waals surface area contributed by atoms with Crippen LogP contribution in [0.15, 0.2) is 59.3 Å². The molecule has 0 aliphatic carbocycles. The van der Waals surface area contributed by atoms with Crippen molar-refractivity contribution in [3.05, 3.63) is 76.5 Å². The van der Waals surface area contributed by atoms with E-state index < -0.39 is 23.3 Å². The van der Waals surface area contributed by atoms with Gasteiger partial charge in [-0.3, -0.25) is 9.59 Å². The van der Waals surface area contributed by atoms with Gasteiger partial charge in [-0.25, -0.2) is 18.7 Å². The molecule has 1 aromatic heterocycles. The largest absolute Gasteiger partial charge is 0.493 e. The third-order valence-electron chi connectivity index (χ3n) is 4.90. The van der Waals surface area contributed by atoms with Crippen LogP contribution in [0.1, 0.15) is 10.4 Å². The molecule has 0 fully saturated rings. The van der Waals surface area contributed by atoms with E-state index in [0.717, 1.165) is 6.07 Å². The molecule has 0 aliphatic heterocycles. The fourth-order valence-electron chi connectivity index (χ4n) is 3.16. The molecular weight excluding hydrogens is 528 g/mol. The standard InChI is InChI=1S/C24H16BrF2N3O5/c1-33-20-7-14-18(10-21(20)34-2)28-11-29-24(14)35-13-5-3-12(4-6-13)22(31)23(32)30-19-8-15(25)16(26)9-17(19)27/h3-11H,1-2H3,(H,30,32). The van der Waals surface area contributed by atoms with Crippen molar-refractivity contribution in [2.75, 3.05) is 19.5 Å². The van der Waals surface area contributed by atoms with E-state index in [-0.39, 0.29) is 21.6 Å². The number of amides is 1. The van der Waals surface area contributed by atoms with Gasteiger partial charge >= 0.3 is 0 Å². The summed E-state index contributed by atoms with van der Waals surface area (Å²) in [6.45, 7) is 0. The van der Waals surface area contributed by atoms with Crippen molar-refractivity contribution in [1.29, 1.82) is 0 Å². The second-order valence-electron chi connectivity index (χ2n) is 7.06. The van der Waals surface area contributed by atoms with E-state index in [1.54, 1.807) is 12.1 Å². The molecule has 0 atom stereocenters. The lowest BCUT2D eigenvalue weighted by Gasteiger charge is -2.11. The first kappa shape index (κ1) is 24.0. The van der Waals surface area contributed by atoms with Gasteiger partial charge in [0.15, 0.2) is 11.5 Å². The van der Waals surface area contributed by atoms with Gasteiger partial charge < -0.3 is 19.5 Å². The highest BCUT2D eigenvalue weighted by molar-refractivity contribution is 9.10. The molecule has 3 aromatic carbocycles. The number of methoxy groups -OCH3 is 2. The van der Waals surface area contributed by atoms with Crippen LogP contribution in [0.2, 0.25) is 0 Å². The Bertz CT molecular complexity index is 1450. The second-order valence-corrected chi connectivity index (χ2v) is 7.91. The lowest BCUT2D eigenvalue weighted by atomic mass is 10.1. The van der Waals surface area contributed by atoms with Gasteiger partial charge in [-0.05, 0) is 52.3 Å². The average molecular weight is 544 g/mol. The second kappa shape index (κ2) is 10.0. The van der Waals surface area contributed by atoms with E-state index in [2.05, 4.69) is 31.2 Å². The fourth-order valence-corrected chi connectivity index (χ4v) is 3.50. The van der Waals surface area contributed by atoms with Crippen LogP contribution in [0.4, 0.5) is 14.5 Å². The zero-order chi connectivity index (χ0) is 25.1. The molecule has 1 N–H and O–H groups in total. The monoisotopic (exact) mass is 543 g/mol. The van der Waals surface area contributed by atoms with E-state index in [9.17, 15) is 18.4 Å². The van der Waals surface area contributed by atoms with Crippen LogP contribution in [-0.4, -0.2) is 35.9 Å². The topological polar surface area (TPSA) is 99.6 Å². The first-order chi connectivity index (χ1) is 16.8. The van der Waals surface area contributed by atoms with Crippen molar-refractivity contribution < 1.29 is 32.6 Å². The minimum atomic E-state index is -1.08. The number of benzene rings is 3. The first-order valence-electron chi connectivity index (χ1n) is 9.95. The Balaban J connectivity index is 1.52. The number of carbonyl (C=O) groups is 2. The van der Waals surface area contributed by atoms with E-state index >= 15 is 0 Å². The molecule has 0 bridgehead atoms. The fraction of sp³-hybridized carbons (Fsp3) is 0.0833. The quantitative estimate of drug-likeness (QED) is 0.192. The van der Waals surface area contributed by atoms with Crippen molar-refractivity contribution in [3.63, 3.8) is 0 Å². The lowest BCUT2D eigenvalue weighted by molar-refractivity contribution is -0.112. The molecular formula is C24H16BrF2N3O5. The molecule has 4 aromatic rings. The molecule has 0 saturated heterocycles. The van der Waals surface area contributed by atoms with Crippen molar-refractivity contribution in [3.8, 4) is 23.1 Å². The zero-order valence-electron chi connectivity index (χ0n) is 18.3. The maximum atomic E-state index is 13.9. The summed E-state index contributed by atoms with van der Waals surface area (Å²) in [6, 6.07) is 10.7. The summed E-state index contributed by atoms with van der Waals surface area (Å²) in [7, 11) is 3.02. The molecule has 178 valence electrons. The number of carbonyl (C=O) groups excluding carboxylic acids is 2. The number of rotatable bonds is 7. The Morgan fingerprint density at radius 3 is 2.29 bits per heavy atom. The zero-order valence-corrected chi connectivity index (χ0v) is 19.9. The molecule has 35 heavy (non-hydrogen) atoms. The highest BCUT2D eigenvalue weighted by Gasteiger charge is 2.19. The Kier molecular flexibility index (Phi) is 6.87. The number of hydrogen-bond donors (Lipinski definition) is 1. The van der Waals surface area contributed by atoms with Crippen molar-refractivity contribution in [2.45, 2.75) is 0 Å². The minimum absolute atomic E-state index is 0.0374. The Hall–Kier alpha value is -4.12. The average Bonchev–Trinajstić information content (AvgIpc) is 2.86. The number of nitrogens with one attached hydrogen (secondary N) is 1. The van der Waals surface area contributed by atoms with Gasteiger partial charge in [0, 0.05) is 17.7 Å². The number of ketones is 1. The molecule has 0 radical (unpaired) electrons. The van der Waals surface area contributed by atoms with E-state index in [1.165, 1.54) is 44.8 Å². The number of nitrogens with zero attached hydrogens (tertiary/aromatic N) is 2. The van der Waals surface area contributed by atoms with Crippen LogP contribution in [0.5, 0.6) is 23.1 Å². The third kappa shape index (κ3) is 5.04. The molecule has 1 amide bonds. The van der Waals surface area contributed by atoms with Gasteiger partial charge in [0.1, 0.15) is 23.7 Å². The van der Waals surface area contributed by atoms with Crippen molar-refractivity contribution >= 4 is 44.2 Å². The minimum Gasteiger partial charge on any atom is -0.493 e. The number of anilines is 1. The maximum absolute atomic E-state index is 13.9. The summed E-state index contributed by atoms with van der Waals surface area (Å²) in [4.78, 5) is 33.1. The van der Waals surface area contributed by atoms with Crippen LogP contribution < -0.4 is 19.5 Å². The highest BCUT2D eigenvalue weighted by Crippen LogP contribution is 2.35. The van der Waals surface area contributed by atoms with Gasteiger partial charge in [-0.15, -0.1) is 0 Å². The predicted molar refractivity (Wildman–Crippen MR) is 126 cm³/mol. The number of ether oxygens (including phenoxy) is 3.